The standard InChI is InChI=1S/C17H34N2O/c1-14(2)13-20-12-11-19-17-8-4-3-7-15(17)16-9-5-6-10-18-16/h14-19H,3-13H2,1-2H3. The van der Waals surface area contributed by atoms with Crippen LogP contribution in [0.2, 0.25) is 0 Å². The van der Waals surface area contributed by atoms with Gasteiger partial charge in [-0.1, -0.05) is 33.1 Å². The second-order valence-corrected chi connectivity index (χ2v) is 7.03. The first kappa shape index (κ1) is 16.3. The lowest BCUT2D eigenvalue weighted by Crippen LogP contribution is -2.51. The molecular formula is C17H34N2O. The van der Waals surface area contributed by atoms with Crippen molar-refractivity contribution in [1.29, 1.82) is 0 Å². The Morgan fingerprint density at radius 1 is 1.10 bits per heavy atom. The fourth-order valence-electron chi connectivity index (χ4n) is 3.77. The molecule has 0 aromatic carbocycles. The molecule has 3 heteroatoms. The highest BCUT2D eigenvalue weighted by atomic mass is 16.5. The predicted molar refractivity (Wildman–Crippen MR) is 85.0 cm³/mol. The van der Waals surface area contributed by atoms with Gasteiger partial charge in [0, 0.05) is 25.2 Å². The lowest BCUT2D eigenvalue weighted by Gasteiger charge is -2.40. The van der Waals surface area contributed by atoms with Crippen molar-refractivity contribution in [1.82, 2.24) is 10.6 Å². The Morgan fingerprint density at radius 2 is 1.90 bits per heavy atom. The number of rotatable bonds is 7. The first-order chi connectivity index (χ1) is 9.77. The minimum Gasteiger partial charge on any atom is -0.380 e. The molecule has 2 N–H and O–H groups in total. The van der Waals surface area contributed by atoms with Crippen LogP contribution in [0.5, 0.6) is 0 Å². The molecule has 3 atom stereocenters. The zero-order chi connectivity index (χ0) is 14.2. The van der Waals surface area contributed by atoms with Gasteiger partial charge in [-0.2, -0.15) is 0 Å². The van der Waals surface area contributed by atoms with E-state index in [1.54, 1.807) is 0 Å². The maximum absolute atomic E-state index is 5.69. The Balaban J connectivity index is 1.69. The summed E-state index contributed by atoms with van der Waals surface area (Å²) in [6, 6.07) is 1.47. The lowest BCUT2D eigenvalue weighted by molar-refractivity contribution is 0.102. The summed E-state index contributed by atoms with van der Waals surface area (Å²) in [5.74, 6) is 1.48. The molecule has 0 aromatic rings. The van der Waals surface area contributed by atoms with Gasteiger partial charge in [0.25, 0.3) is 0 Å². The summed E-state index contributed by atoms with van der Waals surface area (Å²) in [6.45, 7) is 8.41. The minimum absolute atomic E-state index is 0.642. The van der Waals surface area contributed by atoms with Crippen LogP contribution in [0.4, 0.5) is 0 Å². The quantitative estimate of drug-likeness (QED) is 0.704. The molecule has 20 heavy (non-hydrogen) atoms. The van der Waals surface area contributed by atoms with Crippen molar-refractivity contribution in [2.75, 3.05) is 26.3 Å². The van der Waals surface area contributed by atoms with Crippen LogP contribution < -0.4 is 10.6 Å². The Labute approximate surface area is 125 Å². The molecule has 3 unspecified atom stereocenters. The smallest absolute Gasteiger partial charge is 0.0591 e. The van der Waals surface area contributed by atoms with Crippen molar-refractivity contribution in [2.24, 2.45) is 11.8 Å². The fourth-order valence-corrected chi connectivity index (χ4v) is 3.77. The first-order valence-corrected chi connectivity index (χ1v) is 8.82. The van der Waals surface area contributed by atoms with Crippen LogP contribution in [0.3, 0.4) is 0 Å². The molecule has 0 radical (unpaired) electrons. The van der Waals surface area contributed by atoms with E-state index in [1.165, 1.54) is 51.5 Å². The topological polar surface area (TPSA) is 33.3 Å². The Morgan fingerprint density at radius 3 is 2.65 bits per heavy atom. The van der Waals surface area contributed by atoms with Gasteiger partial charge in [0.1, 0.15) is 0 Å². The molecule has 1 aliphatic carbocycles. The van der Waals surface area contributed by atoms with Crippen molar-refractivity contribution in [3.63, 3.8) is 0 Å². The average molecular weight is 282 g/mol. The van der Waals surface area contributed by atoms with Gasteiger partial charge >= 0.3 is 0 Å². The maximum atomic E-state index is 5.69. The Bertz CT molecular complexity index is 251. The van der Waals surface area contributed by atoms with Crippen molar-refractivity contribution in [2.45, 2.75) is 70.9 Å². The molecule has 1 saturated heterocycles. The molecule has 1 aliphatic heterocycles. The third-order valence-corrected chi connectivity index (χ3v) is 4.79. The minimum atomic E-state index is 0.642. The molecular weight excluding hydrogens is 248 g/mol. The van der Waals surface area contributed by atoms with Gasteiger partial charge in [0.2, 0.25) is 0 Å². The highest BCUT2D eigenvalue weighted by Crippen LogP contribution is 2.30. The number of ether oxygens (including phenoxy) is 1. The molecule has 0 amide bonds. The predicted octanol–water partition coefficient (Wildman–Crippen LogP) is 2.95. The van der Waals surface area contributed by atoms with E-state index >= 15 is 0 Å². The molecule has 118 valence electrons. The number of hydrogen-bond donors (Lipinski definition) is 2. The summed E-state index contributed by atoms with van der Waals surface area (Å²) >= 11 is 0. The SMILES string of the molecule is CC(C)COCCNC1CCCCC1C1CCCCN1. The summed E-state index contributed by atoms with van der Waals surface area (Å²) in [6.07, 6.45) is 9.74. The van der Waals surface area contributed by atoms with Crippen molar-refractivity contribution >= 4 is 0 Å². The normalized spacial score (nSPS) is 31.6. The Kier molecular flexibility index (Phi) is 7.32. The molecule has 0 spiro atoms. The van der Waals surface area contributed by atoms with Crippen LogP contribution in [0, 0.1) is 11.8 Å². The monoisotopic (exact) mass is 282 g/mol. The zero-order valence-corrected chi connectivity index (χ0v) is 13.5. The second-order valence-electron chi connectivity index (χ2n) is 7.03. The zero-order valence-electron chi connectivity index (χ0n) is 13.5. The summed E-state index contributed by atoms with van der Waals surface area (Å²) in [4.78, 5) is 0. The van der Waals surface area contributed by atoms with Gasteiger partial charge < -0.3 is 15.4 Å². The van der Waals surface area contributed by atoms with Crippen LogP contribution in [0.1, 0.15) is 58.8 Å². The maximum Gasteiger partial charge on any atom is 0.0591 e. The van der Waals surface area contributed by atoms with Crippen molar-refractivity contribution < 1.29 is 4.74 Å². The third kappa shape index (κ3) is 5.34. The van der Waals surface area contributed by atoms with E-state index in [0.29, 0.717) is 12.0 Å². The van der Waals surface area contributed by atoms with Crippen LogP contribution >= 0.6 is 0 Å². The van der Waals surface area contributed by atoms with E-state index in [2.05, 4.69) is 24.5 Å². The van der Waals surface area contributed by atoms with Crippen molar-refractivity contribution in [3.05, 3.63) is 0 Å². The highest BCUT2D eigenvalue weighted by Gasteiger charge is 2.31. The molecule has 3 nitrogen and oxygen atoms in total. The highest BCUT2D eigenvalue weighted by molar-refractivity contribution is 4.90. The summed E-state index contributed by atoms with van der Waals surface area (Å²) in [5, 5.41) is 7.54. The van der Waals surface area contributed by atoms with Gasteiger partial charge in [-0.25, -0.2) is 0 Å². The van der Waals surface area contributed by atoms with E-state index in [9.17, 15) is 0 Å². The average Bonchev–Trinajstić information content (AvgIpc) is 2.48. The number of hydrogen-bond acceptors (Lipinski definition) is 3. The summed E-state index contributed by atoms with van der Waals surface area (Å²) < 4.78 is 5.69. The summed E-state index contributed by atoms with van der Waals surface area (Å²) in [7, 11) is 0. The molecule has 2 rings (SSSR count). The second kappa shape index (κ2) is 9.01. The van der Waals surface area contributed by atoms with Gasteiger partial charge in [0.15, 0.2) is 0 Å². The Hall–Kier alpha value is -0.120. The first-order valence-electron chi connectivity index (χ1n) is 8.82. The summed E-state index contributed by atoms with van der Waals surface area (Å²) in [5.41, 5.74) is 0. The van der Waals surface area contributed by atoms with E-state index in [1.807, 2.05) is 0 Å². The third-order valence-electron chi connectivity index (χ3n) is 4.79. The van der Waals surface area contributed by atoms with Crippen molar-refractivity contribution in [3.8, 4) is 0 Å². The van der Waals surface area contributed by atoms with Gasteiger partial charge in [-0.05, 0) is 44.1 Å². The molecule has 0 bridgehead atoms. The largest absolute Gasteiger partial charge is 0.380 e. The molecule has 2 fully saturated rings. The van der Waals surface area contributed by atoms with Gasteiger partial charge in [-0.15, -0.1) is 0 Å². The van der Waals surface area contributed by atoms with E-state index in [0.717, 1.165) is 31.7 Å². The fraction of sp³-hybridized carbons (Fsp3) is 1.00. The van der Waals surface area contributed by atoms with E-state index in [-0.39, 0.29) is 0 Å². The molecule has 1 heterocycles. The van der Waals surface area contributed by atoms with Gasteiger partial charge in [0.05, 0.1) is 6.61 Å². The molecule has 2 aliphatic rings. The molecule has 0 aromatic heterocycles. The van der Waals surface area contributed by atoms with E-state index in [4.69, 9.17) is 4.74 Å². The van der Waals surface area contributed by atoms with E-state index < -0.39 is 0 Å². The van der Waals surface area contributed by atoms with Crippen LogP contribution in [-0.4, -0.2) is 38.4 Å². The molecule has 1 saturated carbocycles. The van der Waals surface area contributed by atoms with Crippen LogP contribution in [0.25, 0.3) is 0 Å². The number of piperidine rings is 1. The number of nitrogens with one attached hydrogen (secondary N) is 2. The lowest BCUT2D eigenvalue weighted by atomic mass is 9.77. The van der Waals surface area contributed by atoms with Crippen LogP contribution in [-0.2, 0) is 4.74 Å². The van der Waals surface area contributed by atoms with Crippen LogP contribution in [0.15, 0.2) is 0 Å². The van der Waals surface area contributed by atoms with Gasteiger partial charge in [-0.3, -0.25) is 0 Å².